The zero-order valence-corrected chi connectivity index (χ0v) is 22.0. The number of anilines is 1. The molecule has 0 bridgehead atoms. The van der Waals surface area contributed by atoms with Gasteiger partial charge in [-0.25, -0.2) is 13.8 Å². The maximum Gasteiger partial charge on any atom is 0.204 e. The molecule has 0 saturated heterocycles. The van der Waals surface area contributed by atoms with Crippen molar-refractivity contribution in [3.05, 3.63) is 71.4 Å². The molecule has 2 aromatic carbocycles. The number of hydrogen-bond acceptors (Lipinski definition) is 7. The van der Waals surface area contributed by atoms with Crippen LogP contribution in [0.4, 0.5) is 14.5 Å². The monoisotopic (exact) mass is 537 g/mol. The molecular weight excluding hydrogens is 500 g/mol. The lowest BCUT2D eigenvalue weighted by atomic mass is 10.1. The fraction of sp³-hybridized carbons (Fsp3) is 0.385. The first kappa shape index (κ1) is 32.0. The number of amidine groups is 1. The highest BCUT2D eigenvalue weighted by Crippen LogP contribution is 2.57. The van der Waals surface area contributed by atoms with Crippen LogP contribution >= 0.6 is 11.8 Å². The van der Waals surface area contributed by atoms with E-state index in [1.165, 1.54) is 23.9 Å². The third-order valence-electron chi connectivity index (χ3n) is 4.99. The second-order valence-corrected chi connectivity index (χ2v) is 9.28. The van der Waals surface area contributed by atoms with E-state index in [-0.39, 0.29) is 24.4 Å². The molecule has 0 heterocycles. The normalized spacial score (nSPS) is 14.0. The van der Waals surface area contributed by atoms with Crippen molar-refractivity contribution in [2.75, 3.05) is 38.7 Å². The summed E-state index contributed by atoms with van der Waals surface area (Å²) < 4.78 is 27.0. The maximum atomic E-state index is 14.1. The lowest BCUT2D eigenvalue weighted by Crippen LogP contribution is -2.17. The number of primary amides is 1. The number of rotatable bonds is 11. The van der Waals surface area contributed by atoms with Crippen LogP contribution in [0.25, 0.3) is 0 Å². The molecule has 0 unspecified atom stereocenters. The van der Waals surface area contributed by atoms with Gasteiger partial charge in [-0.05, 0) is 62.7 Å². The second kappa shape index (κ2) is 17.5. The van der Waals surface area contributed by atoms with Crippen LogP contribution in [0.3, 0.4) is 0 Å². The molecule has 0 aliphatic heterocycles. The minimum absolute atomic E-state index is 0.0604. The number of aliphatic hydroxyl groups excluding tert-OH is 2. The standard InChI is InChI=1S/C22H25F2N3OS.C3H9NO.CH3NO/c1-2-3-20(22(10-11-22)29-19-9-6-16(23)14-18(19)24)27-21(25)15-4-7-17(8-5-15)26-12-13-28;1-4-2-3-5;2-1-3/h3-9,14,26,28H,2,10-13H2,1H3,(H2,25,27);4-5H,2-3H2,1H3;1H,(H2,2,3)/b20-3-;;. The van der Waals surface area contributed by atoms with E-state index in [2.05, 4.69) is 21.4 Å². The summed E-state index contributed by atoms with van der Waals surface area (Å²) in [6, 6.07) is 11.2. The Morgan fingerprint density at radius 3 is 2.22 bits per heavy atom. The molecule has 1 aliphatic carbocycles. The number of amides is 1. The Kier molecular flexibility index (Phi) is 15.1. The summed E-state index contributed by atoms with van der Waals surface area (Å²) in [6.45, 7) is 3.49. The van der Waals surface area contributed by atoms with Gasteiger partial charge in [0.2, 0.25) is 6.41 Å². The van der Waals surface area contributed by atoms with E-state index < -0.39 is 11.6 Å². The van der Waals surface area contributed by atoms with Gasteiger partial charge in [0, 0.05) is 35.3 Å². The second-order valence-electron chi connectivity index (χ2n) is 7.86. The summed E-state index contributed by atoms with van der Waals surface area (Å²) in [6.07, 6.45) is 4.78. The molecule has 1 saturated carbocycles. The molecule has 8 N–H and O–H groups in total. The Morgan fingerprint density at radius 1 is 1.14 bits per heavy atom. The SMILES string of the molecule is CC/C=C(\N=C(N)c1ccc(NCCO)cc1)C1(Sc2ccc(F)cc2F)CC1.CNCCO.NC=O. The van der Waals surface area contributed by atoms with Crippen molar-refractivity contribution in [1.29, 1.82) is 0 Å². The number of aliphatic hydroxyl groups is 2. The lowest BCUT2D eigenvalue weighted by molar-refractivity contribution is -0.106. The number of likely N-dealkylation sites (N-methyl/N-ethyl adjacent to an activating group) is 1. The fourth-order valence-electron chi connectivity index (χ4n) is 3.08. The van der Waals surface area contributed by atoms with Gasteiger partial charge in [0.05, 0.1) is 23.7 Å². The molecule has 11 heteroatoms. The number of aliphatic imine (C=N–C) groups is 1. The number of carbonyl (C=O) groups is 1. The first-order valence-corrected chi connectivity index (χ1v) is 12.7. The van der Waals surface area contributed by atoms with Crippen LogP contribution in [-0.2, 0) is 4.79 Å². The molecule has 3 rings (SSSR count). The smallest absolute Gasteiger partial charge is 0.204 e. The van der Waals surface area contributed by atoms with Crippen molar-refractivity contribution in [3.8, 4) is 0 Å². The minimum Gasteiger partial charge on any atom is -0.395 e. The Bertz CT molecular complexity index is 1010. The van der Waals surface area contributed by atoms with Gasteiger partial charge in [-0.15, -0.1) is 11.8 Å². The molecule has 0 aromatic heterocycles. The molecule has 0 spiro atoms. The van der Waals surface area contributed by atoms with Crippen molar-refractivity contribution in [1.82, 2.24) is 5.32 Å². The average molecular weight is 538 g/mol. The summed E-state index contributed by atoms with van der Waals surface area (Å²) in [4.78, 5) is 13.7. The van der Waals surface area contributed by atoms with E-state index in [1.807, 2.05) is 37.3 Å². The summed E-state index contributed by atoms with van der Waals surface area (Å²) in [5.74, 6) is -0.745. The Labute approximate surface area is 221 Å². The Balaban J connectivity index is 0.000000751. The topological polar surface area (TPSA) is 146 Å². The molecule has 2 aromatic rings. The number of nitrogens with one attached hydrogen (secondary N) is 2. The van der Waals surface area contributed by atoms with Gasteiger partial charge in [0.1, 0.15) is 17.5 Å². The van der Waals surface area contributed by atoms with E-state index in [9.17, 15) is 8.78 Å². The van der Waals surface area contributed by atoms with Crippen molar-refractivity contribution in [2.45, 2.75) is 35.8 Å². The van der Waals surface area contributed by atoms with Crippen LogP contribution in [-0.4, -0.2) is 60.6 Å². The molecule has 204 valence electrons. The summed E-state index contributed by atoms with van der Waals surface area (Å²) in [5, 5.41) is 22.7. The molecule has 0 atom stereocenters. The number of hydrogen-bond donors (Lipinski definition) is 6. The summed E-state index contributed by atoms with van der Waals surface area (Å²) in [7, 11) is 1.80. The van der Waals surface area contributed by atoms with Crippen LogP contribution < -0.4 is 22.1 Å². The van der Waals surface area contributed by atoms with Crippen molar-refractivity contribution in [3.63, 3.8) is 0 Å². The van der Waals surface area contributed by atoms with E-state index in [0.29, 0.717) is 23.8 Å². The largest absolute Gasteiger partial charge is 0.395 e. The number of thioether (sulfide) groups is 1. The van der Waals surface area contributed by atoms with Gasteiger partial charge in [0.15, 0.2) is 0 Å². The molecule has 1 aliphatic rings. The zero-order chi connectivity index (χ0) is 27.7. The van der Waals surface area contributed by atoms with Gasteiger partial charge in [0.25, 0.3) is 0 Å². The average Bonchev–Trinajstić information content (AvgIpc) is 3.66. The fourth-order valence-corrected chi connectivity index (χ4v) is 4.34. The van der Waals surface area contributed by atoms with Gasteiger partial charge < -0.3 is 32.3 Å². The zero-order valence-electron chi connectivity index (χ0n) is 21.2. The molecule has 1 amide bonds. The number of halogens is 2. The number of carbonyl (C=O) groups excluding carboxylic acids is 1. The van der Waals surface area contributed by atoms with E-state index in [0.717, 1.165) is 42.3 Å². The number of allylic oxidation sites excluding steroid dienone is 1. The quantitative estimate of drug-likeness (QED) is 0.147. The van der Waals surface area contributed by atoms with E-state index >= 15 is 0 Å². The third-order valence-corrected chi connectivity index (χ3v) is 6.55. The third kappa shape index (κ3) is 11.3. The van der Waals surface area contributed by atoms with Gasteiger partial charge in [-0.1, -0.05) is 13.0 Å². The summed E-state index contributed by atoms with van der Waals surface area (Å²) >= 11 is 1.38. The van der Waals surface area contributed by atoms with Crippen molar-refractivity contribution in [2.24, 2.45) is 16.5 Å². The minimum atomic E-state index is -0.583. The number of benzene rings is 2. The number of nitrogens with two attached hydrogens (primary N) is 2. The molecule has 1 fully saturated rings. The predicted molar refractivity (Wildman–Crippen MR) is 147 cm³/mol. The van der Waals surface area contributed by atoms with Gasteiger partial charge in [-0.2, -0.15) is 0 Å². The van der Waals surface area contributed by atoms with Crippen LogP contribution in [0.1, 0.15) is 31.7 Å². The van der Waals surface area contributed by atoms with Crippen LogP contribution in [0.2, 0.25) is 0 Å². The molecular formula is C26H37F2N5O3S. The Hall–Kier alpha value is -2.99. The predicted octanol–water partition coefficient (Wildman–Crippen LogP) is 2.99. The maximum absolute atomic E-state index is 14.1. The van der Waals surface area contributed by atoms with Crippen LogP contribution in [0.5, 0.6) is 0 Å². The number of nitrogens with zero attached hydrogens (tertiary/aromatic N) is 1. The molecule has 8 nitrogen and oxygen atoms in total. The first-order valence-electron chi connectivity index (χ1n) is 11.9. The van der Waals surface area contributed by atoms with Crippen molar-refractivity contribution >= 4 is 29.7 Å². The molecule has 0 radical (unpaired) electrons. The van der Waals surface area contributed by atoms with Crippen LogP contribution in [0, 0.1) is 11.6 Å². The highest BCUT2D eigenvalue weighted by atomic mass is 32.2. The Morgan fingerprint density at radius 2 is 1.76 bits per heavy atom. The van der Waals surface area contributed by atoms with Gasteiger partial charge >= 0.3 is 0 Å². The first-order chi connectivity index (χ1) is 17.8. The van der Waals surface area contributed by atoms with Crippen LogP contribution in [0.15, 0.2) is 64.1 Å². The highest BCUT2D eigenvalue weighted by Gasteiger charge is 2.48. The van der Waals surface area contributed by atoms with E-state index in [4.69, 9.17) is 20.7 Å². The van der Waals surface area contributed by atoms with Crippen molar-refractivity contribution < 1.29 is 23.8 Å². The lowest BCUT2D eigenvalue weighted by Gasteiger charge is -2.17. The summed E-state index contributed by atoms with van der Waals surface area (Å²) in [5.41, 5.74) is 12.9. The highest BCUT2D eigenvalue weighted by molar-refractivity contribution is 8.01. The van der Waals surface area contributed by atoms with Gasteiger partial charge in [-0.3, -0.25) is 4.79 Å². The van der Waals surface area contributed by atoms with E-state index in [1.54, 1.807) is 7.05 Å². The molecule has 37 heavy (non-hydrogen) atoms.